The van der Waals surface area contributed by atoms with Crippen LogP contribution in [-0.2, 0) is 23.1 Å². The van der Waals surface area contributed by atoms with Crippen molar-refractivity contribution < 1.29 is 42.6 Å². The van der Waals surface area contributed by atoms with Crippen molar-refractivity contribution in [3.8, 4) is 0 Å². The first-order valence-electron chi connectivity index (χ1n) is 9.28. The zero-order chi connectivity index (χ0) is 23.2. The molecule has 1 amide bonds. The number of aliphatic carboxylic acids is 1. The second kappa shape index (κ2) is 14.3. The van der Waals surface area contributed by atoms with Crippen molar-refractivity contribution in [2.45, 2.75) is 39.3 Å². The monoisotopic (exact) mass is 443 g/mol. The summed E-state index contributed by atoms with van der Waals surface area (Å²) in [6, 6.07) is 6.17. The molecule has 11 heteroatoms. The Kier molecular flexibility index (Phi) is 12.9. The highest BCUT2D eigenvalue weighted by atomic mass is 28.4. The maximum Gasteiger partial charge on any atom is 0.412 e. The summed E-state index contributed by atoms with van der Waals surface area (Å²) in [6.45, 7) is 7.12. The lowest BCUT2D eigenvalue weighted by atomic mass is 10.1. The molecule has 0 saturated carbocycles. The lowest BCUT2D eigenvalue weighted by Crippen LogP contribution is -2.38. The van der Waals surface area contributed by atoms with Gasteiger partial charge in [-0.2, -0.15) is 0 Å². The fraction of sp³-hybridized carbons (Fsp3) is 0.474. The van der Waals surface area contributed by atoms with Gasteiger partial charge in [0, 0.05) is 19.6 Å². The molecule has 0 aliphatic carbocycles. The summed E-state index contributed by atoms with van der Waals surface area (Å²) < 4.78 is 19.8. The molecule has 0 heterocycles. The molecule has 0 saturated heterocycles. The standard InChI is InChI=1S/C10H9NO5.C9H20O4Si/c1-15-8(12)6-2-4-7(5-3-6)9(13)16-10(11)14;1-4-12-14(3,13-5-2)8-6-7-9(10)11/h2-5H,1H3,(H2,11,14);4-8H2,1-3H3,(H,10,11). The number of benzene rings is 1. The number of carbonyl (C=O) groups is 4. The van der Waals surface area contributed by atoms with Crippen molar-refractivity contribution >= 4 is 32.6 Å². The average molecular weight is 444 g/mol. The van der Waals surface area contributed by atoms with Gasteiger partial charge >= 0.3 is 32.6 Å². The molecule has 0 aromatic heterocycles. The summed E-state index contributed by atoms with van der Waals surface area (Å²) in [7, 11) is -0.832. The van der Waals surface area contributed by atoms with Gasteiger partial charge in [0.05, 0.1) is 18.2 Å². The molecule has 1 rings (SSSR count). The number of esters is 2. The predicted octanol–water partition coefficient (Wildman–Crippen LogP) is 2.70. The Balaban J connectivity index is 0.000000567. The fourth-order valence-corrected chi connectivity index (χ4v) is 4.78. The molecule has 0 unspecified atom stereocenters. The Morgan fingerprint density at radius 1 is 0.967 bits per heavy atom. The van der Waals surface area contributed by atoms with Crippen molar-refractivity contribution in [1.29, 1.82) is 0 Å². The zero-order valence-electron chi connectivity index (χ0n) is 17.6. The van der Waals surface area contributed by atoms with E-state index in [2.05, 4.69) is 15.2 Å². The molecule has 0 spiro atoms. The summed E-state index contributed by atoms with van der Waals surface area (Å²) in [5, 5.41) is 8.50. The van der Waals surface area contributed by atoms with Gasteiger partial charge in [0.2, 0.25) is 0 Å². The molecule has 1 aromatic rings. The van der Waals surface area contributed by atoms with Crippen LogP contribution in [0.25, 0.3) is 0 Å². The van der Waals surface area contributed by atoms with Crippen LogP contribution >= 0.6 is 0 Å². The molecule has 10 nitrogen and oxygen atoms in total. The van der Waals surface area contributed by atoms with Crippen LogP contribution in [0, 0.1) is 0 Å². The number of methoxy groups -OCH3 is 1. The first-order valence-corrected chi connectivity index (χ1v) is 11.8. The van der Waals surface area contributed by atoms with Crippen molar-refractivity contribution in [3.05, 3.63) is 35.4 Å². The Morgan fingerprint density at radius 3 is 1.80 bits per heavy atom. The van der Waals surface area contributed by atoms with E-state index in [0.717, 1.165) is 6.04 Å². The highest BCUT2D eigenvalue weighted by Crippen LogP contribution is 2.17. The topological polar surface area (TPSA) is 151 Å². The minimum atomic E-state index is -2.08. The summed E-state index contributed by atoms with van der Waals surface area (Å²) >= 11 is 0. The number of carboxylic acids is 1. The molecule has 3 N–H and O–H groups in total. The maximum atomic E-state index is 11.2. The van der Waals surface area contributed by atoms with Gasteiger partial charge in [-0.15, -0.1) is 0 Å². The molecule has 168 valence electrons. The quantitative estimate of drug-likeness (QED) is 0.316. The van der Waals surface area contributed by atoms with Crippen molar-refractivity contribution in [1.82, 2.24) is 0 Å². The fourth-order valence-electron chi connectivity index (χ4n) is 2.37. The summed E-state index contributed by atoms with van der Waals surface area (Å²) in [4.78, 5) is 42.9. The van der Waals surface area contributed by atoms with Crippen LogP contribution in [0.2, 0.25) is 12.6 Å². The highest BCUT2D eigenvalue weighted by molar-refractivity contribution is 6.66. The summed E-state index contributed by atoms with van der Waals surface area (Å²) in [5.74, 6) is -2.15. The van der Waals surface area contributed by atoms with Gasteiger partial charge in [-0.05, 0) is 57.1 Å². The van der Waals surface area contributed by atoms with Gasteiger partial charge in [0.25, 0.3) is 0 Å². The lowest BCUT2D eigenvalue weighted by molar-refractivity contribution is -0.137. The van der Waals surface area contributed by atoms with Crippen LogP contribution in [-0.4, -0.2) is 58.0 Å². The van der Waals surface area contributed by atoms with E-state index in [1.165, 1.54) is 31.4 Å². The zero-order valence-corrected chi connectivity index (χ0v) is 18.6. The molecular formula is C19H29NO9Si. The molecule has 0 aliphatic heterocycles. The summed E-state index contributed by atoms with van der Waals surface area (Å²) in [5.41, 5.74) is 5.08. The number of rotatable bonds is 10. The minimum absolute atomic E-state index is 0.117. The smallest absolute Gasteiger partial charge is 0.412 e. The Bertz CT molecular complexity index is 700. The first kappa shape index (κ1) is 27.2. The normalized spacial score (nSPS) is 10.4. The third-order valence-electron chi connectivity index (χ3n) is 3.66. The number of primary amides is 1. The molecule has 0 aliphatic rings. The van der Waals surface area contributed by atoms with Gasteiger partial charge < -0.3 is 29.2 Å². The van der Waals surface area contributed by atoms with Crippen LogP contribution in [0.4, 0.5) is 4.79 Å². The third-order valence-corrected chi connectivity index (χ3v) is 6.72. The molecule has 0 atom stereocenters. The van der Waals surface area contributed by atoms with Crippen LogP contribution in [0.5, 0.6) is 0 Å². The second-order valence-electron chi connectivity index (χ2n) is 6.02. The number of carboxylic acid groups (broad SMARTS) is 1. The van der Waals surface area contributed by atoms with Gasteiger partial charge in [-0.1, -0.05) is 0 Å². The van der Waals surface area contributed by atoms with E-state index in [1.807, 2.05) is 20.4 Å². The Morgan fingerprint density at radius 2 is 1.43 bits per heavy atom. The van der Waals surface area contributed by atoms with Gasteiger partial charge in [0.15, 0.2) is 0 Å². The SMILES string of the molecule is CCO[Si](C)(CCCC(=O)O)OCC.COC(=O)c1ccc(C(=O)OC(N)=O)cc1. The van der Waals surface area contributed by atoms with Gasteiger partial charge in [0.1, 0.15) is 0 Å². The van der Waals surface area contributed by atoms with E-state index in [9.17, 15) is 19.2 Å². The molecule has 0 radical (unpaired) electrons. The predicted molar refractivity (Wildman–Crippen MR) is 109 cm³/mol. The lowest BCUT2D eigenvalue weighted by Gasteiger charge is -2.25. The first-order chi connectivity index (χ1) is 14.1. The highest BCUT2D eigenvalue weighted by Gasteiger charge is 2.30. The van der Waals surface area contributed by atoms with Crippen LogP contribution in [0.15, 0.2) is 24.3 Å². The van der Waals surface area contributed by atoms with E-state index in [-0.39, 0.29) is 17.5 Å². The second-order valence-corrected chi connectivity index (χ2v) is 9.37. The number of carbonyl (C=O) groups excluding carboxylic acids is 3. The average Bonchev–Trinajstić information content (AvgIpc) is 2.67. The molecular weight excluding hydrogens is 414 g/mol. The third kappa shape index (κ3) is 11.3. The molecule has 0 fully saturated rings. The van der Waals surface area contributed by atoms with Crippen LogP contribution < -0.4 is 5.73 Å². The van der Waals surface area contributed by atoms with E-state index in [1.54, 1.807) is 0 Å². The van der Waals surface area contributed by atoms with Crippen molar-refractivity contribution in [2.75, 3.05) is 20.3 Å². The summed E-state index contributed by atoms with van der Waals surface area (Å²) in [6.07, 6.45) is -0.345. The Hall–Kier alpha value is -2.76. The van der Waals surface area contributed by atoms with E-state index < -0.39 is 32.6 Å². The van der Waals surface area contributed by atoms with Crippen molar-refractivity contribution in [2.24, 2.45) is 5.73 Å². The minimum Gasteiger partial charge on any atom is -0.481 e. The van der Waals surface area contributed by atoms with Crippen molar-refractivity contribution in [3.63, 3.8) is 0 Å². The number of ether oxygens (including phenoxy) is 2. The number of amides is 1. The molecule has 0 bridgehead atoms. The van der Waals surface area contributed by atoms with E-state index in [4.69, 9.17) is 14.0 Å². The number of nitrogens with two attached hydrogens (primary N) is 1. The van der Waals surface area contributed by atoms with E-state index in [0.29, 0.717) is 19.6 Å². The van der Waals surface area contributed by atoms with Gasteiger partial charge in [-0.25, -0.2) is 14.4 Å². The molecule has 1 aromatic carbocycles. The van der Waals surface area contributed by atoms with Gasteiger partial charge in [-0.3, -0.25) is 4.79 Å². The Labute approximate surface area is 176 Å². The van der Waals surface area contributed by atoms with E-state index >= 15 is 0 Å². The number of hydrogen-bond donors (Lipinski definition) is 2. The number of hydrogen-bond acceptors (Lipinski definition) is 8. The molecule has 30 heavy (non-hydrogen) atoms. The van der Waals surface area contributed by atoms with Crippen LogP contribution in [0.1, 0.15) is 47.4 Å². The van der Waals surface area contributed by atoms with Crippen LogP contribution in [0.3, 0.4) is 0 Å². The maximum absolute atomic E-state index is 11.2. The largest absolute Gasteiger partial charge is 0.481 e.